The molecule has 3 N–H and O–H groups in total. The van der Waals surface area contributed by atoms with Crippen LogP contribution >= 0.6 is 0 Å². The van der Waals surface area contributed by atoms with Gasteiger partial charge in [-0.05, 0) is 53.4 Å². The summed E-state index contributed by atoms with van der Waals surface area (Å²) < 4.78 is 0. The Labute approximate surface area is 195 Å². The van der Waals surface area contributed by atoms with Crippen LogP contribution in [0.4, 0.5) is 5.69 Å². The van der Waals surface area contributed by atoms with Crippen molar-refractivity contribution >= 4 is 11.5 Å². The van der Waals surface area contributed by atoms with E-state index in [1.54, 1.807) is 24.3 Å². The summed E-state index contributed by atoms with van der Waals surface area (Å²) in [6, 6.07) is 24.5. The Hall–Kier alpha value is -4.04. The molecule has 33 heavy (non-hydrogen) atoms. The molecular formula is C28H29N3O2. The van der Waals surface area contributed by atoms with E-state index in [0.29, 0.717) is 30.5 Å². The molecule has 0 aromatic heterocycles. The van der Waals surface area contributed by atoms with E-state index in [0.717, 1.165) is 34.6 Å². The van der Waals surface area contributed by atoms with E-state index in [-0.39, 0.29) is 11.5 Å². The maximum absolute atomic E-state index is 10.9. The molecule has 0 aliphatic rings. The SMILES string of the molecule is CCC/C(N=C(CC)Nc1ccc(O)cc1)=C(/O)Cc1ccc(-c2ccccc2C#N)cc1. The van der Waals surface area contributed by atoms with Gasteiger partial charge in [0.25, 0.3) is 0 Å². The van der Waals surface area contributed by atoms with Gasteiger partial charge in [0.15, 0.2) is 0 Å². The molecule has 0 radical (unpaired) electrons. The summed E-state index contributed by atoms with van der Waals surface area (Å²) in [7, 11) is 0. The van der Waals surface area contributed by atoms with Crippen molar-refractivity contribution in [1.82, 2.24) is 0 Å². The van der Waals surface area contributed by atoms with Gasteiger partial charge >= 0.3 is 0 Å². The molecule has 0 saturated heterocycles. The monoisotopic (exact) mass is 439 g/mol. The molecular weight excluding hydrogens is 410 g/mol. The van der Waals surface area contributed by atoms with Crippen LogP contribution in [0, 0.1) is 11.3 Å². The zero-order valence-corrected chi connectivity index (χ0v) is 19.0. The summed E-state index contributed by atoms with van der Waals surface area (Å²) in [6.07, 6.45) is 2.59. The Balaban J connectivity index is 1.81. The van der Waals surface area contributed by atoms with Gasteiger partial charge in [0.2, 0.25) is 0 Å². The quantitative estimate of drug-likeness (QED) is 0.153. The number of aliphatic hydroxyl groups is 1. The number of rotatable bonds is 8. The van der Waals surface area contributed by atoms with E-state index in [9.17, 15) is 15.5 Å². The molecule has 3 rings (SSSR count). The third-order valence-electron chi connectivity index (χ3n) is 5.26. The highest BCUT2D eigenvalue weighted by molar-refractivity contribution is 5.95. The van der Waals surface area contributed by atoms with Gasteiger partial charge in [-0.1, -0.05) is 62.7 Å². The zero-order valence-electron chi connectivity index (χ0n) is 19.0. The van der Waals surface area contributed by atoms with Gasteiger partial charge in [0, 0.05) is 18.5 Å². The molecule has 0 aliphatic carbocycles. The van der Waals surface area contributed by atoms with E-state index >= 15 is 0 Å². The number of nitrogens with one attached hydrogen (secondary N) is 1. The number of phenols is 1. The van der Waals surface area contributed by atoms with Crippen molar-refractivity contribution in [2.75, 3.05) is 5.32 Å². The molecule has 0 aliphatic heterocycles. The van der Waals surface area contributed by atoms with Gasteiger partial charge in [-0.3, -0.25) is 0 Å². The van der Waals surface area contributed by atoms with E-state index in [4.69, 9.17) is 4.99 Å². The van der Waals surface area contributed by atoms with Crippen LogP contribution in [-0.2, 0) is 6.42 Å². The van der Waals surface area contributed by atoms with Crippen molar-refractivity contribution in [3.63, 3.8) is 0 Å². The molecule has 0 spiro atoms. The van der Waals surface area contributed by atoms with Gasteiger partial charge in [0.05, 0.1) is 17.3 Å². The summed E-state index contributed by atoms with van der Waals surface area (Å²) in [4.78, 5) is 4.72. The second-order valence-electron chi connectivity index (χ2n) is 7.76. The van der Waals surface area contributed by atoms with Crippen LogP contribution in [0.15, 0.2) is 89.2 Å². The second kappa shape index (κ2) is 11.5. The molecule has 0 saturated carbocycles. The maximum Gasteiger partial charge on any atom is 0.118 e. The average Bonchev–Trinajstić information content (AvgIpc) is 2.85. The highest BCUT2D eigenvalue weighted by atomic mass is 16.3. The summed E-state index contributed by atoms with van der Waals surface area (Å²) in [5, 5.41) is 33.0. The lowest BCUT2D eigenvalue weighted by Gasteiger charge is -2.12. The summed E-state index contributed by atoms with van der Waals surface area (Å²) in [6.45, 7) is 4.06. The van der Waals surface area contributed by atoms with Crippen molar-refractivity contribution in [3.8, 4) is 22.9 Å². The lowest BCUT2D eigenvalue weighted by Crippen LogP contribution is -2.11. The molecule has 5 nitrogen and oxygen atoms in total. The lowest BCUT2D eigenvalue weighted by molar-refractivity contribution is 0.387. The van der Waals surface area contributed by atoms with Crippen LogP contribution in [0.3, 0.4) is 0 Å². The van der Waals surface area contributed by atoms with E-state index in [1.807, 2.05) is 55.5 Å². The van der Waals surface area contributed by atoms with Crippen LogP contribution in [-0.4, -0.2) is 16.0 Å². The minimum atomic E-state index is 0.210. The fraction of sp³-hybridized carbons (Fsp3) is 0.214. The fourth-order valence-corrected chi connectivity index (χ4v) is 3.50. The second-order valence-corrected chi connectivity index (χ2v) is 7.76. The van der Waals surface area contributed by atoms with Crippen LogP contribution in [0.2, 0.25) is 0 Å². The van der Waals surface area contributed by atoms with Gasteiger partial charge in [0.1, 0.15) is 17.3 Å². The van der Waals surface area contributed by atoms with Gasteiger partial charge < -0.3 is 15.5 Å². The number of anilines is 1. The predicted octanol–water partition coefficient (Wildman–Crippen LogP) is 6.96. The number of benzene rings is 3. The van der Waals surface area contributed by atoms with Crippen molar-refractivity contribution in [2.45, 2.75) is 39.5 Å². The summed E-state index contributed by atoms with van der Waals surface area (Å²) in [5.74, 6) is 1.21. The summed E-state index contributed by atoms with van der Waals surface area (Å²) in [5.41, 5.74) is 4.98. The van der Waals surface area contributed by atoms with Crippen molar-refractivity contribution in [1.29, 1.82) is 5.26 Å². The van der Waals surface area contributed by atoms with E-state index in [2.05, 4.69) is 18.3 Å². The molecule has 3 aromatic rings. The van der Waals surface area contributed by atoms with Crippen molar-refractivity contribution < 1.29 is 10.2 Å². The minimum absolute atomic E-state index is 0.210. The van der Waals surface area contributed by atoms with Crippen LogP contribution < -0.4 is 5.32 Å². The Morgan fingerprint density at radius 1 is 0.970 bits per heavy atom. The molecule has 0 amide bonds. The lowest BCUT2D eigenvalue weighted by atomic mass is 9.98. The summed E-state index contributed by atoms with van der Waals surface area (Å²) >= 11 is 0. The maximum atomic E-state index is 10.9. The number of amidine groups is 1. The smallest absolute Gasteiger partial charge is 0.118 e. The number of hydrogen-bond donors (Lipinski definition) is 3. The topological polar surface area (TPSA) is 88.6 Å². The average molecular weight is 440 g/mol. The van der Waals surface area contributed by atoms with Crippen molar-refractivity contribution in [2.24, 2.45) is 4.99 Å². The Bertz CT molecular complexity index is 1170. The van der Waals surface area contributed by atoms with Gasteiger partial charge in [-0.25, -0.2) is 4.99 Å². The van der Waals surface area contributed by atoms with E-state index < -0.39 is 0 Å². The Kier molecular flexibility index (Phi) is 8.26. The number of allylic oxidation sites excluding steroid dienone is 2. The largest absolute Gasteiger partial charge is 0.510 e. The third-order valence-corrected chi connectivity index (χ3v) is 5.26. The highest BCUT2D eigenvalue weighted by Crippen LogP contribution is 2.25. The first-order valence-electron chi connectivity index (χ1n) is 11.2. The van der Waals surface area contributed by atoms with E-state index in [1.165, 1.54) is 0 Å². The molecule has 0 atom stereocenters. The molecule has 0 unspecified atom stereocenters. The first-order valence-corrected chi connectivity index (χ1v) is 11.2. The fourth-order valence-electron chi connectivity index (χ4n) is 3.50. The standard InChI is InChI=1S/C28H29N3O2/c1-3-7-26(31-28(4-2)30-23-14-16-24(32)17-15-23)27(33)18-20-10-12-21(13-11-20)25-9-6-5-8-22(25)19-29/h5-6,8-17,32-33H,3-4,7,18H2,1-2H3,(H,30,31)/b27-26-. The third kappa shape index (κ3) is 6.47. The zero-order chi connectivity index (χ0) is 23.6. The number of nitriles is 1. The minimum Gasteiger partial charge on any atom is -0.510 e. The number of hydrogen-bond acceptors (Lipinski definition) is 4. The van der Waals surface area contributed by atoms with Crippen LogP contribution in [0.1, 0.15) is 44.2 Å². The molecule has 168 valence electrons. The number of aliphatic imine (C=N–C) groups is 1. The van der Waals surface area contributed by atoms with Gasteiger partial charge in [-0.15, -0.1) is 0 Å². The molecule has 3 aromatic carbocycles. The number of nitrogens with zero attached hydrogens (tertiary/aromatic N) is 2. The highest BCUT2D eigenvalue weighted by Gasteiger charge is 2.09. The Morgan fingerprint density at radius 3 is 2.30 bits per heavy atom. The van der Waals surface area contributed by atoms with Crippen LogP contribution in [0.25, 0.3) is 11.1 Å². The number of aromatic hydroxyl groups is 1. The molecule has 0 bridgehead atoms. The number of phenolic OH excluding ortho intramolecular Hbond substituents is 1. The van der Waals surface area contributed by atoms with Crippen molar-refractivity contribution in [3.05, 3.63) is 95.4 Å². The molecule has 0 heterocycles. The van der Waals surface area contributed by atoms with Crippen LogP contribution in [0.5, 0.6) is 5.75 Å². The van der Waals surface area contributed by atoms with Gasteiger partial charge in [-0.2, -0.15) is 5.26 Å². The molecule has 0 fully saturated rings. The predicted molar refractivity (Wildman–Crippen MR) is 134 cm³/mol. The first-order chi connectivity index (χ1) is 16.0. The number of aliphatic hydroxyl groups excluding tert-OH is 1. The Morgan fingerprint density at radius 2 is 1.67 bits per heavy atom. The normalized spacial score (nSPS) is 12.1. The molecule has 5 heteroatoms. The first kappa shape index (κ1) is 23.6.